The Morgan fingerprint density at radius 2 is 2.07 bits per heavy atom. The van der Waals surface area contributed by atoms with E-state index >= 15 is 0 Å². The topological polar surface area (TPSA) is 101 Å². The minimum atomic E-state index is -3.79. The Kier molecular flexibility index (Phi) is 5.28. The summed E-state index contributed by atoms with van der Waals surface area (Å²) in [5, 5.41) is 7.54. The number of nitrogens with one attached hydrogen (secondary N) is 2. The summed E-state index contributed by atoms with van der Waals surface area (Å²) in [5.41, 5.74) is 6.70. The molecule has 8 heteroatoms. The first-order chi connectivity index (χ1) is 12.8. The summed E-state index contributed by atoms with van der Waals surface area (Å²) in [4.78, 5) is 0.132. The number of nitrogen functional groups attached to an aromatic ring is 1. The van der Waals surface area contributed by atoms with E-state index in [9.17, 15) is 8.42 Å². The van der Waals surface area contributed by atoms with Gasteiger partial charge in [-0.2, -0.15) is 5.10 Å². The predicted octanol–water partition coefficient (Wildman–Crippen LogP) is 3.10. The van der Waals surface area contributed by atoms with E-state index in [0.29, 0.717) is 17.3 Å². The third-order valence-electron chi connectivity index (χ3n) is 4.73. The zero-order valence-electron chi connectivity index (χ0n) is 14.8. The van der Waals surface area contributed by atoms with Gasteiger partial charge in [0.1, 0.15) is 5.82 Å². The van der Waals surface area contributed by atoms with Gasteiger partial charge in [0, 0.05) is 10.6 Å². The third kappa shape index (κ3) is 3.45. The fourth-order valence-electron chi connectivity index (χ4n) is 3.27. The maximum atomic E-state index is 12.9. The Morgan fingerprint density at radius 1 is 1.37 bits per heavy atom. The van der Waals surface area contributed by atoms with E-state index < -0.39 is 21.5 Å². The van der Waals surface area contributed by atoms with Crippen molar-refractivity contribution in [2.45, 2.75) is 29.7 Å². The SMILES string of the molecule is C=CC1(c2[nH]nc(N)c2CC)C=CC=CC1NS(=O)(=O)c1ccc(Cl)cc1. The van der Waals surface area contributed by atoms with Crippen molar-refractivity contribution in [3.05, 3.63) is 77.5 Å². The summed E-state index contributed by atoms with van der Waals surface area (Å²) in [5.74, 6) is 0.399. The molecule has 0 radical (unpaired) electrons. The molecule has 0 amide bonds. The average Bonchev–Trinajstić information content (AvgIpc) is 3.03. The number of allylic oxidation sites excluding steroid dienone is 2. The first-order valence-electron chi connectivity index (χ1n) is 8.44. The first-order valence-corrected chi connectivity index (χ1v) is 10.3. The second-order valence-electron chi connectivity index (χ2n) is 6.25. The number of H-pyrrole nitrogens is 1. The molecule has 0 fully saturated rings. The molecule has 1 heterocycles. The van der Waals surface area contributed by atoms with E-state index in [-0.39, 0.29) is 4.90 Å². The molecule has 1 aromatic heterocycles. The van der Waals surface area contributed by atoms with Crippen LogP contribution in [0.4, 0.5) is 5.82 Å². The molecule has 1 aromatic carbocycles. The van der Waals surface area contributed by atoms with Crippen LogP contribution < -0.4 is 10.5 Å². The van der Waals surface area contributed by atoms with Crippen LogP contribution in [0.25, 0.3) is 0 Å². The van der Waals surface area contributed by atoms with E-state index in [1.165, 1.54) is 24.3 Å². The highest BCUT2D eigenvalue weighted by Gasteiger charge is 2.41. The predicted molar refractivity (Wildman–Crippen MR) is 108 cm³/mol. The van der Waals surface area contributed by atoms with Crippen LogP contribution in [0.3, 0.4) is 0 Å². The van der Waals surface area contributed by atoms with Gasteiger partial charge in [0.25, 0.3) is 0 Å². The Hall–Kier alpha value is -2.35. The molecule has 142 valence electrons. The number of hydrogen-bond donors (Lipinski definition) is 3. The Labute approximate surface area is 163 Å². The van der Waals surface area contributed by atoms with Crippen LogP contribution in [0.2, 0.25) is 5.02 Å². The number of rotatable bonds is 6. The minimum Gasteiger partial charge on any atom is -0.382 e. The van der Waals surface area contributed by atoms with E-state index in [4.69, 9.17) is 17.3 Å². The molecule has 0 saturated carbocycles. The molecule has 27 heavy (non-hydrogen) atoms. The normalized spacial score (nSPS) is 22.1. The molecular weight excluding hydrogens is 384 g/mol. The third-order valence-corrected chi connectivity index (χ3v) is 6.44. The van der Waals surface area contributed by atoms with Gasteiger partial charge in [0.2, 0.25) is 10.0 Å². The summed E-state index contributed by atoms with van der Waals surface area (Å²) in [6.07, 6.45) is 9.68. The van der Waals surface area contributed by atoms with Crippen LogP contribution in [0.1, 0.15) is 18.2 Å². The highest BCUT2D eigenvalue weighted by molar-refractivity contribution is 7.89. The lowest BCUT2D eigenvalue weighted by atomic mass is 9.73. The van der Waals surface area contributed by atoms with Crippen molar-refractivity contribution in [3.8, 4) is 0 Å². The number of hydrogen-bond acceptors (Lipinski definition) is 4. The number of aromatic amines is 1. The van der Waals surface area contributed by atoms with Crippen molar-refractivity contribution in [1.29, 1.82) is 0 Å². The number of nitrogens with two attached hydrogens (primary N) is 1. The second-order valence-corrected chi connectivity index (χ2v) is 8.40. The van der Waals surface area contributed by atoms with Crippen LogP contribution in [-0.2, 0) is 21.9 Å². The summed E-state index contributed by atoms with van der Waals surface area (Å²) in [7, 11) is -3.79. The van der Waals surface area contributed by atoms with Crippen LogP contribution in [0, 0.1) is 0 Å². The monoisotopic (exact) mass is 404 g/mol. The molecular formula is C19H21ClN4O2S. The summed E-state index contributed by atoms with van der Waals surface area (Å²) < 4.78 is 28.6. The number of nitrogens with zero attached hydrogens (tertiary/aromatic N) is 1. The van der Waals surface area contributed by atoms with Gasteiger partial charge in [-0.05, 0) is 30.7 Å². The summed E-state index contributed by atoms with van der Waals surface area (Å²) in [6.45, 7) is 5.93. The van der Waals surface area contributed by atoms with Crippen molar-refractivity contribution >= 4 is 27.4 Å². The molecule has 2 atom stereocenters. The largest absolute Gasteiger partial charge is 0.382 e. The maximum absolute atomic E-state index is 12.9. The molecule has 1 aliphatic carbocycles. The van der Waals surface area contributed by atoms with Gasteiger partial charge in [-0.1, -0.05) is 48.9 Å². The second kappa shape index (κ2) is 7.34. The maximum Gasteiger partial charge on any atom is 0.241 e. The standard InChI is InChI=1S/C19H21ClN4O2S/c1-3-15-17(22-23-18(15)21)19(4-2)12-6-5-7-16(19)24-27(25,26)14-10-8-13(20)9-11-14/h4-12,16,24H,2-3H2,1H3,(H3,21,22,23). The number of benzene rings is 1. The van der Waals surface area contributed by atoms with E-state index in [1.807, 2.05) is 19.1 Å². The lowest BCUT2D eigenvalue weighted by Gasteiger charge is -2.36. The zero-order chi connectivity index (χ0) is 19.7. The summed E-state index contributed by atoms with van der Waals surface area (Å²) >= 11 is 5.87. The van der Waals surface area contributed by atoms with Crippen molar-refractivity contribution < 1.29 is 8.42 Å². The number of aromatic nitrogens is 2. The Morgan fingerprint density at radius 3 is 2.70 bits per heavy atom. The van der Waals surface area contributed by atoms with Gasteiger partial charge in [-0.25, -0.2) is 13.1 Å². The van der Waals surface area contributed by atoms with Crippen molar-refractivity contribution in [2.75, 3.05) is 5.73 Å². The molecule has 2 aromatic rings. The van der Waals surface area contributed by atoms with Gasteiger partial charge < -0.3 is 5.73 Å². The van der Waals surface area contributed by atoms with Gasteiger partial charge >= 0.3 is 0 Å². The molecule has 0 spiro atoms. The fourth-order valence-corrected chi connectivity index (χ4v) is 4.63. The number of anilines is 1. The van der Waals surface area contributed by atoms with Crippen molar-refractivity contribution in [3.63, 3.8) is 0 Å². The van der Waals surface area contributed by atoms with Crippen LogP contribution in [0.15, 0.2) is 66.1 Å². The van der Waals surface area contributed by atoms with Gasteiger partial charge in [-0.15, -0.1) is 6.58 Å². The first kappa shape index (κ1) is 19.4. The molecule has 0 aliphatic heterocycles. The number of sulfonamides is 1. The van der Waals surface area contributed by atoms with Gasteiger partial charge in [0.05, 0.1) is 22.0 Å². The quantitative estimate of drug-likeness (QED) is 0.644. The molecule has 3 rings (SSSR count). The highest BCUT2D eigenvalue weighted by atomic mass is 35.5. The molecule has 2 unspecified atom stereocenters. The Balaban J connectivity index is 2.05. The van der Waals surface area contributed by atoms with Crippen LogP contribution >= 0.6 is 11.6 Å². The highest BCUT2D eigenvalue weighted by Crippen LogP contribution is 2.37. The van der Waals surface area contributed by atoms with Crippen molar-refractivity contribution in [1.82, 2.24) is 14.9 Å². The molecule has 0 saturated heterocycles. The van der Waals surface area contributed by atoms with Crippen LogP contribution in [0.5, 0.6) is 0 Å². The number of halogens is 1. The van der Waals surface area contributed by atoms with E-state index in [1.54, 1.807) is 18.2 Å². The average molecular weight is 405 g/mol. The molecule has 6 nitrogen and oxygen atoms in total. The Bertz CT molecular complexity index is 1010. The molecule has 0 bridgehead atoms. The lowest BCUT2D eigenvalue weighted by Crippen LogP contribution is -2.48. The minimum absolute atomic E-state index is 0.132. The van der Waals surface area contributed by atoms with Gasteiger partial charge in [0.15, 0.2) is 0 Å². The fraction of sp³-hybridized carbons (Fsp3) is 0.211. The van der Waals surface area contributed by atoms with Gasteiger partial charge in [-0.3, -0.25) is 5.10 Å². The zero-order valence-corrected chi connectivity index (χ0v) is 16.4. The molecule has 1 aliphatic rings. The smallest absolute Gasteiger partial charge is 0.241 e. The molecule has 4 N–H and O–H groups in total. The van der Waals surface area contributed by atoms with E-state index in [2.05, 4.69) is 21.5 Å². The summed E-state index contributed by atoms with van der Waals surface area (Å²) in [6, 6.07) is 5.41. The lowest BCUT2D eigenvalue weighted by molar-refractivity contribution is 0.502. The van der Waals surface area contributed by atoms with Crippen LogP contribution in [-0.4, -0.2) is 24.7 Å². The van der Waals surface area contributed by atoms with E-state index in [0.717, 1.165) is 11.3 Å². The van der Waals surface area contributed by atoms with Crippen molar-refractivity contribution in [2.24, 2.45) is 0 Å².